The van der Waals surface area contributed by atoms with Gasteiger partial charge in [0, 0.05) is 24.5 Å². The molecular weight excluding hydrogens is 727 g/mol. The Bertz CT molecular complexity index is 1710. The highest BCUT2D eigenvalue weighted by atomic mass is 31.3. The van der Waals surface area contributed by atoms with Crippen LogP contribution in [0.3, 0.4) is 0 Å². The lowest BCUT2D eigenvalue weighted by Gasteiger charge is -2.24. The van der Waals surface area contributed by atoms with Crippen LogP contribution >= 0.6 is 23.5 Å². The molecule has 0 saturated carbocycles. The average Bonchev–Trinajstić information content (AvgIpc) is 3.48. The maximum atomic E-state index is 13.0. The number of aliphatic hydroxyl groups is 4. The Labute approximate surface area is 264 Å². The number of nitrogens with one attached hydrogen (secondary N) is 2. The van der Waals surface area contributed by atoms with E-state index in [2.05, 4.69) is 22.5 Å². The fraction of sp³-hybridized carbons (Fsp3) is 0.556. The monoisotopic (exact) mass is 755 g/mol. The van der Waals surface area contributed by atoms with Crippen LogP contribution in [0.5, 0.6) is 0 Å². The van der Waals surface area contributed by atoms with Gasteiger partial charge in [0.1, 0.15) is 36.6 Å². The van der Waals surface area contributed by atoms with Crippen LogP contribution in [0, 0.1) is 0 Å². The quantitative estimate of drug-likeness (QED) is 0.0609. The first-order valence-corrected chi connectivity index (χ1v) is 17.2. The Morgan fingerprint density at radius 3 is 1.31 bits per heavy atom. The predicted molar refractivity (Wildman–Crippen MR) is 147 cm³/mol. The van der Waals surface area contributed by atoms with Crippen LogP contribution in [0.1, 0.15) is 12.5 Å². The van der Waals surface area contributed by atoms with Crippen LogP contribution in [0.25, 0.3) is 0 Å². The number of hydrogen-bond acceptors (Lipinski definition) is 23. The zero-order valence-electron chi connectivity index (χ0n) is 23.6. The van der Waals surface area contributed by atoms with Crippen molar-refractivity contribution in [2.75, 3.05) is 13.2 Å². The minimum Gasteiger partial charge on any atom is -0.387 e. The fourth-order valence-corrected chi connectivity index (χ4v) is 8.34. The van der Waals surface area contributed by atoms with Gasteiger partial charge in [0.15, 0.2) is 12.5 Å². The molecule has 12 N–H and O–H groups in total. The number of hydrogen-bond donors (Lipinski definition) is 9. The molecule has 2 saturated heterocycles. The van der Waals surface area contributed by atoms with Crippen LogP contribution < -0.4 is 40.2 Å². The summed E-state index contributed by atoms with van der Waals surface area (Å²) >= 11 is 0. The lowest BCUT2D eigenvalue weighted by Crippen LogP contribution is -2.37. The Kier molecular flexibility index (Phi) is 12.0. The van der Waals surface area contributed by atoms with Crippen LogP contribution in [0.4, 0.5) is 0 Å². The Morgan fingerprint density at radius 2 is 1.00 bits per heavy atom. The highest BCUT2D eigenvalue weighted by Gasteiger charge is 2.51. The van der Waals surface area contributed by atoms with Crippen molar-refractivity contribution in [2.45, 2.75) is 49.1 Å². The summed E-state index contributed by atoms with van der Waals surface area (Å²) in [7, 11) is -16.4. The van der Waals surface area contributed by atoms with E-state index in [4.69, 9.17) is 36.2 Å². The molecule has 0 bridgehead atoms. The first-order chi connectivity index (χ1) is 22.5. The summed E-state index contributed by atoms with van der Waals surface area (Å²) in [5.74, 6) is 14.7. The molecule has 0 aliphatic carbocycles. The zero-order valence-corrected chi connectivity index (χ0v) is 26.3. The SMILES string of the molecule is NOP(=O)(OC[C@H]1O[C@@H](n2ccc(=O)[nH]c2=O)[C@H](O)[C@@H]1O)OP(=O)(ON)OP(=O)(ON)OC[C@H]1O[C@@H](n2ccc(=O)[nH]c2=O)[C@H](O)[C@@H]1O. The predicted octanol–water partition coefficient (Wildman–Crippen LogP) is -4.61. The number of H-pyrrole nitrogens is 2. The minimum absolute atomic E-state index is 0.708. The lowest BCUT2D eigenvalue weighted by atomic mass is 10.1. The van der Waals surface area contributed by atoms with E-state index in [1.807, 2.05) is 9.97 Å². The average molecular weight is 755 g/mol. The van der Waals surface area contributed by atoms with E-state index in [1.165, 1.54) is 0 Å². The summed E-state index contributed by atoms with van der Waals surface area (Å²) in [6, 6.07) is 1.83. The molecule has 27 nitrogen and oxygen atoms in total. The smallest absolute Gasteiger partial charge is 0.387 e. The number of aromatic amines is 2. The number of aromatic nitrogens is 4. The van der Waals surface area contributed by atoms with Crippen LogP contribution in [0.2, 0.25) is 0 Å². The molecule has 10 atom stereocenters. The van der Waals surface area contributed by atoms with Gasteiger partial charge in [-0.25, -0.2) is 54.8 Å². The van der Waals surface area contributed by atoms with Crippen LogP contribution in [-0.4, -0.2) is 89.4 Å². The number of rotatable bonds is 15. The molecule has 2 unspecified atom stereocenters. The number of nitrogens with two attached hydrogens (primary N) is 3. The topological polar surface area (TPSA) is 403 Å². The van der Waals surface area contributed by atoms with Gasteiger partial charge in [0.25, 0.3) is 11.1 Å². The molecule has 2 aliphatic heterocycles. The van der Waals surface area contributed by atoms with Gasteiger partial charge in [-0.15, -0.1) is 0 Å². The molecule has 4 heterocycles. The van der Waals surface area contributed by atoms with E-state index < -0.39 is 108 Å². The molecule has 0 amide bonds. The van der Waals surface area contributed by atoms with Crippen molar-refractivity contribution in [1.82, 2.24) is 19.1 Å². The summed E-state index contributed by atoms with van der Waals surface area (Å²) in [5.41, 5.74) is -3.60. The van der Waals surface area contributed by atoms with E-state index in [9.17, 15) is 53.3 Å². The lowest BCUT2D eigenvalue weighted by molar-refractivity contribution is -0.0562. The first kappa shape index (κ1) is 38.2. The van der Waals surface area contributed by atoms with Gasteiger partial charge in [-0.05, 0) is 0 Å². The second kappa shape index (κ2) is 15.1. The van der Waals surface area contributed by atoms with Crippen LogP contribution in [0.15, 0.2) is 43.7 Å². The highest BCUT2D eigenvalue weighted by molar-refractivity contribution is 7.67. The second-order valence-electron chi connectivity index (χ2n) is 9.54. The van der Waals surface area contributed by atoms with Gasteiger partial charge >= 0.3 is 34.8 Å². The molecule has 0 aromatic carbocycles. The molecule has 2 fully saturated rings. The standard InChI is InChI=1S/C18H28N7O20P3/c19-41-46(34,37-5-7-11(28)13(30)15(39-7)24-3-1-9(26)22-17(24)32)44-48(36,43-21)45-47(35,42-20)38-6-8-12(29)14(31)16(40-8)25-4-2-10(27)23-18(25)33/h1-4,7-8,11-16,28-31H,5-6,19-21H2,(H,22,26,32)(H,23,27,33)/t7-,8-,11-,12-,13-,14-,15-,16-,46?,47?,48?/m1/s1. The number of ether oxygens (including phenoxy) is 2. The van der Waals surface area contributed by atoms with Crippen molar-refractivity contribution in [2.24, 2.45) is 17.7 Å². The molecule has 2 aromatic rings. The number of nitrogens with zero attached hydrogens (tertiary/aromatic N) is 2. The van der Waals surface area contributed by atoms with E-state index in [0.29, 0.717) is 9.13 Å². The largest absolute Gasteiger partial charge is 0.509 e. The Balaban J connectivity index is 1.40. The van der Waals surface area contributed by atoms with Crippen molar-refractivity contribution in [3.05, 3.63) is 66.2 Å². The van der Waals surface area contributed by atoms with Crippen molar-refractivity contribution in [1.29, 1.82) is 0 Å². The number of phosphoric acid groups is 3. The van der Waals surface area contributed by atoms with Gasteiger partial charge in [-0.2, -0.15) is 8.62 Å². The van der Waals surface area contributed by atoms with Crippen molar-refractivity contribution < 1.29 is 75.1 Å². The summed E-state index contributed by atoms with van der Waals surface area (Å²) in [5, 5.41) is 41.3. The van der Waals surface area contributed by atoms with Gasteiger partial charge < -0.3 is 29.9 Å². The summed E-state index contributed by atoms with van der Waals surface area (Å²) in [6.07, 6.45) is -11.9. The van der Waals surface area contributed by atoms with Crippen molar-refractivity contribution >= 4 is 23.5 Å². The molecule has 2 aromatic heterocycles. The van der Waals surface area contributed by atoms with Gasteiger partial charge in [-0.3, -0.25) is 37.7 Å². The molecule has 0 spiro atoms. The van der Waals surface area contributed by atoms with Gasteiger partial charge in [0.2, 0.25) is 0 Å². The number of aliphatic hydroxyl groups excluding tert-OH is 4. The van der Waals surface area contributed by atoms with E-state index in [1.54, 1.807) is 0 Å². The molecule has 4 rings (SSSR count). The Hall–Kier alpha value is -2.59. The van der Waals surface area contributed by atoms with Crippen LogP contribution in [-0.2, 0) is 54.7 Å². The van der Waals surface area contributed by atoms with Gasteiger partial charge in [0.05, 0.1) is 13.2 Å². The summed E-state index contributed by atoms with van der Waals surface area (Å²) in [4.78, 5) is 50.5. The zero-order chi connectivity index (χ0) is 35.6. The maximum absolute atomic E-state index is 13.0. The van der Waals surface area contributed by atoms with Crippen molar-refractivity contribution in [3.63, 3.8) is 0 Å². The van der Waals surface area contributed by atoms with E-state index in [0.717, 1.165) is 24.5 Å². The molecule has 0 radical (unpaired) electrons. The summed E-state index contributed by atoms with van der Waals surface area (Å²) < 4.78 is 81.9. The molecule has 2 aliphatic rings. The molecule has 30 heteroatoms. The molecular formula is C18H28N7O20P3. The minimum atomic E-state index is -5.67. The van der Waals surface area contributed by atoms with E-state index in [-0.39, 0.29) is 0 Å². The van der Waals surface area contributed by atoms with Crippen molar-refractivity contribution in [3.8, 4) is 0 Å². The third kappa shape index (κ3) is 8.40. The fourth-order valence-electron chi connectivity index (χ4n) is 4.22. The first-order valence-electron chi connectivity index (χ1n) is 12.8. The third-order valence-corrected chi connectivity index (χ3v) is 11.4. The molecule has 270 valence electrons. The van der Waals surface area contributed by atoms with E-state index >= 15 is 0 Å². The summed E-state index contributed by atoms with van der Waals surface area (Å²) in [6.45, 7) is -2.10. The Morgan fingerprint density at radius 1 is 0.646 bits per heavy atom. The second-order valence-corrected chi connectivity index (χ2v) is 14.7. The normalized spacial score (nSPS) is 31.2. The molecule has 48 heavy (non-hydrogen) atoms. The maximum Gasteiger partial charge on any atom is 0.509 e. The third-order valence-electron chi connectivity index (χ3n) is 6.51. The van der Waals surface area contributed by atoms with Gasteiger partial charge in [-0.1, -0.05) is 0 Å². The highest BCUT2D eigenvalue weighted by Crippen LogP contribution is 2.71.